The third-order valence-electron chi connectivity index (χ3n) is 5.97. The molecule has 1 saturated heterocycles. The van der Waals surface area contributed by atoms with E-state index in [-0.39, 0.29) is 6.03 Å². The van der Waals surface area contributed by atoms with Gasteiger partial charge >= 0.3 is 6.03 Å². The molecule has 11 heteroatoms. The van der Waals surface area contributed by atoms with E-state index in [9.17, 15) is 4.79 Å². The molecule has 8 nitrogen and oxygen atoms in total. The Morgan fingerprint density at radius 1 is 0.974 bits per heavy atom. The first-order valence-electron chi connectivity index (χ1n) is 12.2. The number of thiazole rings is 1. The van der Waals surface area contributed by atoms with Crippen molar-refractivity contribution in [1.29, 1.82) is 0 Å². The van der Waals surface area contributed by atoms with Crippen molar-refractivity contribution in [2.24, 2.45) is 0 Å². The number of urea groups is 1. The third-order valence-corrected chi connectivity index (χ3v) is 7.69. The van der Waals surface area contributed by atoms with Gasteiger partial charge in [-0.05, 0) is 54.1 Å². The number of nitrogens with one attached hydrogen (secondary N) is 3. The van der Waals surface area contributed by atoms with E-state index in [0.29, 0.717) is 34.6 Å². The second-order valence-corrected chi connectivity index (χ2v) is 10.6. The van der Waals surface area contributed by atoms with Gasteiger partial charge in [-0.2, -0.15) is 0 Å². The molecule has 4 aromatic rings. The first kappa shape index (κ1) is 26.5. The summed E-state index contributed by atoms with van der Waals surface area (Å²) in [7, 11) is 0. The summed E-state index contributed by atoms with van der Waals surface area (Å²) >= 11 is 13.5. The van der Waals surface area contributed by atoms with Crippen LogP contribution in [0.1, 0.15) is 5.56 Å². The highest BCUT2D eigenvalue weighted by Gasteiger charge is 2.11. The van der Waals surface area contributed by atoms with Gasteiger partial charge in [0.2, 0.25) is 0 Å². The van der Waals surface area contributed by atoms with Crippen LogP contribution in [0.25, 0.3) is 10.2 Å². The third kappa shape index (κ3) is 7.27. The van der Waals surface area contributed by atoms with Crippen LogP contribution < -0.4 is 20.7 Å². The van der Waals surface area contributed by atoms with Crippen molar-refractivity contribution in [2.75, 3.05) is 55.4 Å². The second kappa shape index (κ2) is 12.6. The Kier molecular flexibility index (Phi) is 8.83. The van der Waals surface area contributed by atoms with Crippen LogP contribution >= 0.6 is 34.5 Å². The fraction of sp³-hybridized carbons (Fsp3) is 0.259. The maximum atomic E-state index is 12.3. The minimum Gasteiger partial charge on any atom is -0.492 e. The van der Waals surface area contributed by atoms with Gasteiger partial charge in [0.15, 0.2) is 5.13 Å². The lowest BCUT2D eigenvalue weighted by molar-refractivity contribution is 0.0322. The van der Waals surface area contributed by atoms with E-state index in [4.69, 9.17) is 32.7 Å². The Morgan fingerprint density at radius 2 is 1.74 bits per heavy atom. The number of hydrogen-bond donors (Lipinski definition) is 3. The molecule has 0 spiro atoms. The lowest BCUT2D eigenvalue weighted by Gasteiger charge is -2.26. The molecule has 2 heterocycles. The normalized spacial score (nSPS) is 13.8. The monoisotopic (exact) mass is 571 g/mol. The van der Waals surface area contributed by atoms with Gasteiger partial charge in [0.25, 0.3) is 0 Å². The van der Waals surface area contributed by atoms with Crippen LogP contribution in [0, 0.1) is 0 Å². The minimum absolute atomic E-state index is 0.367. The lowest BCUT2D eigenvalue weighted by Crippen LogP contribution is -2.38. The van der Waals surface area contributed by atoms with Crippen LogP contribution in [0.4, 0.5) is 21.3 Å². The molecule has 1 fully saturated rings. The topological polar surface area (TPSA) is 87.8 Å². The van der Waals surface area contributed by atoms with E-state index in [1.54, 1.807) is 29.5 Å². The van der Waals surface area contributed by atoms with Crippen molar-refractivity contribution in [3.05, 3.63) is 76.3 Å². The molecular weight excluding hydrogens is 545 g/mol. The predicted molar refractivity (Wildman–Crippen MR) is 155 cm³/mol. The Hall–Kier alpha value is -3.08. The molecule has 38 heavy (non-hydrogen) atoms. The van der Waals surface area contributed by atoms with Crippen LogP contribution in [0.3, 0.4) is 0 Å². The van der Waals surface area contributed by atoms with Crippen LogP contribution in [0.15, 0.2) is 60.7 Å². The number of amides is 2. The zero-order valence-electron chi connectivity index (χ0n) is 20.5. The second-order valence-electron chi connectivity index (χ2n) is 8.71. The van der Waals surface area contributed by atoms with E-state index < -0.39 is 0 Å². The summed E-state index contributed by atoms with van der Waals surface area (Å²) in [4.78, 5) is 19.3. The first-order valence-corrected chi connectivity index (χ1v) is 13.8. The maximum Gasteiger partial charge on any atom is 0.323 e. The van der Waals surface area contributed by atoms with E-state index in [1.165, 1.54) is 0 Å². The number of halogens is 2. The molecule has 198 valence electrons. The van der Waals surface area contributed by atoms with Gasteiger partial charge in [0, 0.05) is 37.6 Å². The molecule has 2 amide bonds. The average Bonchev–Trinajstić information content (AvgIpc) is 3.33. The van der Waals surface area contributed by atoms with Crippen molar-refractivity contribution in [3.63, 3.8) is 0 Å². The fourth-order valence-electron chi connectivity index (χ4n) is 3.94. The summed E-state index contributed by atoms with van der Waals surface area (Å²) < 4.78 is 12.4. The van der Waals surface area contributed by atoms with Crippen LogP contribution in [0.2, 0.25) is 10.0 Å². The standard InChI is InChI=1S/C27H27Cl2N5O3S/c28-22-7-5-20(15-23(22)29)32-26(35)31-19-3-1-18(2-4-19)17-30-27-33-24-8-6-21(16-25(24)38-27)37-14-11-34-9-12-36-13-10-34/h1-8,15-16H,9-14,17H2,(H,30,33)(H2,31,32,35). The van der Waals surface area contributed by atoms with Gasteiger partial charge in [-0.1, -0.05) is 46.7 Å². The number of benzene rings is 3. The molecule has 5 rings (SSSR count). The number of carbonyl (C=O) groups is 1. The first-order chi connectivity index (χ1) is 18.5. The van der Waals surface area contributed by atoms with E-state index in [1.807, 2.05) is 42.5 Å². The van der Waals surface area contributed by atoms with Gasteiger partial charge in [-0.3, -0.25) is 4.90 Å². The molecule has 3 aromatic carbocycles. The molecule has 0 atom stereocenters. The highest BCUT2D eigenvalue weighted by Crippen LogP contribution is 2.30. The van der Waals surface area contributed by atoms with Gasteiger partial charge in [-0.25, -0.2) is 9.78 Å². The van der Waals surface area contributed by atoms with Gasteiger partial charge in [-0.15, -0.1) is 0 Å². The summed E-state index contributed by atoms with van der Waals surface area (Å²) in [6.07, 6.45) is 0. The number of hydrogen-bond acceptors (Lipinski definition) is 7. The SMILES string of the molecule is O=C(Nc1ccc(CNc2nc3ccc(OCCN4CCOCC4)cc3s2)cc1)Nc1ccc(Cl)c(Cl)c1. The average molecular weight is 573 g/mol. The molecule has 1 aliphatic rings. The molecule has 0 saturated carbocycles. The van der Waals surface area contributed by atoms with Crippen molar-refractivity contribution in [3.8, 4) is 5.75 Å². The highest BCUT2D eigenvalue weighted by atomic mass is 35.5. The number of nitrogens with zero attached hydrogens (tertiary/aromatic N) is 2. The minimum atomic E-state index is -0.367. The smallest absolute Gasteiger partial charge is 0.323 e. The Balaban J connectivity index is 1.09. The van der Waals surface area contributed by atoms with Crippen molar-refractivity contribution in [2.45, 2.75) is 6.54 Å². The summed E-state index contributed by atoms with van der Waals surface area (Å²) in [5, 5.41) is 10.6. The lowest BCUT2D eigenvalue weighted by atomic mass is 10.2. The Morgan fingerprint density at radius 3 is 2.53 bits per heavy atom. The van der Waals surface area contributed by atoms with Gasteiger partial charge < -0.3 is 25.4 Å². The zero-order chi connectivity index (χ0) is 26.3. The van der Waals surface area contributed by atoms with E-state index in [0.717, 1.165) is 59.5 Å². The molecule has 0 aliphatic carbocycles. The van der Waals surface area contributed by atoms with E-state index >= 15 is 0 Å². The summed E-state index contributed by atoms with van der Waals surface area (Å²) in [5.74, 6) is 0.854. The van der Waals surface area contributed by atoms with Crippen molar-refractivity contribution >= 4 is 67.3 Å². The highest BCUT2D eigenvalue weighted by molar-refractivity contribution is 7.22. The Bertz CT molecular complexity index is 1390. The summed E-state index contributed by atoms with van der Waals surface area (Å²) in [6, 6.07) is 18.2. The summed E-state index contributed by atoms with van der Waals surface area (Å²) in [6.45, 7) is 5.66. The number of anilines is 3. The maximum absolute atomic E-state index is 12.3. The molecule has 1 aromatic heterocycles. The number of rotatable bonds is 9. The molecule has 1 aliphatic heterocycles. The molecule has 3 N–H and O–H groups in total. The number of morpholine rings is 1. The summed E-state index contributed by atoms with van der Waals surface area (Å²) in [5.41, 5.74) is 3.23. The van der Waals surface area contributed by atoms with Gasteiger partial charge in [0.05, 0.1) is 33.5 Å². The Labute approximate surface area is 234 Å². The molecule has 0 unspecified atom stereocenters. The van der Waals surface area contributed by atoms with Crippen LogP contribution in [-0.4, -0.2) is 55.4 Å². The number of carbonyl (C=O) groups excluding carboxylic acids is 1. The number of aromatic nitrogens is 1. The molecule has 0 bridgehead atoms. The zero-order valence-corrected chi connectivity index (χ0v) is 22.8. The fourth-order valence-corrected chi connectivity index (χ4v) is 5.13. The van der Waals surface area contributed by atoms with Crippen molar-refractivity contribution in [1.82, 2.24) is 9.88 Å². The number of fused-ring (bicyclic) bond motifs is 1. The molecular formula is C27H27Cl2N5O3S. The van der Waals surface area contributed by atoms with Crippen LogP contribution in [-0.2, 0) is 11.3 Å². The molecule has 0 radical (unpaired) electrons. The number of ether oxygens (including phenoxy) is 2. The quantitative estimate of drug-likeness (QED) is 0.210. The van der Waals surface area contributed by atoms with Crippen LogP contribution in [0.5, 0.6) is 5.75 Å². The van der Waals surface area contributed by atoms with Crippen molar-refractivity contribution < 1.29 is 14.3 Å². The predicted octanol–water partition coefficient (Wildman–Crippen LogP) is 6.57. The van der Waals surface area contributed by atoms with Gasteiger partial charge in [0.1, 0.15) is 12.4 Å². The van der Waals surface area contributed by atoms with E-state index in [2.05, 4.69) is 25.8 Å². The largest absolute Gasteiger partial charge is 0.492 e.